The summed E-state index contributed by atoms with van der Waals surface area (Å²) in [6, 6.07) is 8.43. The fraction of sp³-hybridized carbons (Fsp3) is 0.200. The van der Waals surface area contributed by atoms with Crippen LogP contribution in [-0.4, -0.2) is 12.3 Å². The third kappa shape index (κ3) is 1.40. The predicted octanol–water partition coefficient (Wildman–Crippen LogP) is 2.13. The average Bonchev–Trinajstić information content (AvgIpc) is 2.17. The van der Waals surface area contributed by atoms with Gasteiger partial charge in [-0.15, -0.1) is 11.8 Å². The lowest BCUT2D eigenvalue weighted by Crippen LogP contribution is -2.07. The second-order valence-corrected chi connectivity index (χ2v) is 3.85. The van der Waals surface area contributed by atoms with Crippen LogP contribution in [0.2, 0.25) is 0 Å². The van der Waals surface area contributed by atoms with Gasteiger partial charge >= 0.3 is 0 Å². The molecule has 1 aliphatic rings. The van der Waals surface area contributed by atoms with Crippen LogP contribution in [0.1, 0.15) is 5.56 Å². The highest BCUT2D eigenvalue weighted by atomic mass is 32.2. The molecule has 0 unspecified atom stereocenters. The van der Waals surface area contributed by atoms with E-state index in [1.165, 1.54) is 16.0 Å². The Morgan fingerprint density at radius 2 is 2.17 bits per heavy atom. The van der Waals surface area contributed by atoms with Gasteiger partial charge in [-0.05, 0) is 17.2 Å². The van der Waals surface area contributed by atoms with Crippen LogP contribution in [0.25, 0.3) is 6.08 Å². The van der Waals surface area contributed by atoms with E-state index in [2.05, 4.69) is 30.3 Å². The lowest BCUT2D eigenvalue weighted by Gasteiger charge is -2.13. The molecule has 0 saturated heterocycles. The van der Waals surface area contributed by atoms with Gasteiger partial charge in [0.1, 0.15) is 0 Å². The Kier molecular flexibility index (Phi) is 2.19. The van der Waals surface area contributed by atoms with Crippen molar-refractivity contribution < 1.29 is 0 Å². The average molecular weight is 177 g/mol. The van der Waals surface area contributed by atoms with Crippen LogP contribution in [0.15, 0.2) is 34.7 Å². The monoisotopic (exact) mass is 177 g/mol. The van der Waals surface area contributed by atoms with Crippen molar-refractivity contribution in [3.8, 4) is 0 Å². The highest BCUT2D eigenvalue weighted by molar-refractivity contribution is 7.99. The van der Waals surface area contributed by atoms with Crippen LogP contribution in [0.4, 0.5) is 0 Å². The third-order valence-electron chi connectivity index (χ3n) is 1.95. The van der Waals surface area contributed by atoms with Gasteiger partial charge in [-0.3, -0.25) is 0 Å². The summed E-state index contributed by atoms with van der Waals surface area (Å²) < 4.78 is 0. The number of hydrogen-bond acceptors (Lipinski definition) is 2. The molecule has 62 valence electrons. The maximum atomic E-state index is 5.58. The number of rotatable bonds is 1. The zero-order valence-corrected chi connectivity index (χ0v) is 7.60. The van der Waals surface area contributed by atoms with Crippen molar-refractivity contribution in [2.45, 2.75) is 4.90 Å². The summed E-state index contributed by atoms with van der Waals surface area (Å²) in [7, 11) is 0. The van der Waals surface area contributed by atoms with Crippen LogP contribution in [0.3, 0.4) is 0 Å². The van der Waals surface area contributed by atoms with Crippen LogP contribution in [0, 0.1) is 0 Å². The maximum absolute atomic E-state index is 5.58. The van der Waals surface area contributed by atoms with E-state index in [0.717, 1.165) is 5.75 Å². The Hall–Kier alpha value is -0.730. The van der Waals surface area contributed by atoms with Crippen molar-refractivity contribution >= 4 is 17.8 Å². The van der Waals surface area contributed by atoms with Crippen LogP contribution >= 0.6 is 11.8 Å². The zero-order valence-electron chi connectivity index (χ0n) is 6.79. The minimum Gasteiger partial charge on any atom is -0.327 e. The molecule has 1 aliphatic heterocycles. The fourth-order valence-electron chi connectivity index (χ4n) is 1.28. The van der Waals surface area contributed by atoms with Crippen molar-refractivity contribution in [1.82, 2.24) is 0 Å². The molecule has 0 aliphatic carbocycles. The molecular weight excluding hydrogens is 166 g/mol. The SMILES string of the molecule is NCC1=Cc2ccccc2SC1. The Morgan fingerprint density at radius 3 is 3.00 bits per heavy atom. The molecule has 0 amide bonds. The Morgan fingerprint density at radius 1 is 1.33 bits per heavy atom. The molecular formula is C10H11NS. The minimum absolute atomic E-state index is 0.682. The minimum atomic E-state index is 0.682. The highest BCUT2D eigenvalue weighted by Crippen LogP contribution is 2.30. The van der Waals surface area contributed by atoms with Gasteiger partial charge in [0.05, 0.1) is 0 Å². The summed E-state index contributed by atoms with van der Waals surface area (Å²) in [4.78, 5) is 1.37. The molecule has 1 aromatic rings. The fourth-order valence-corrected chi connectivity index (χ4v) is 2.29. The molecule has 0 bridgehead atoms. The van der Waals surface area contributed by atoms with Gasteiger partial charge in [-0.2, -0.15) is 0 Å². The molecule has 2 rings (SSSR count). The van der Waals surface area contributed by atoms with Crippen molar-refractivity contribution in [3.63, 3.8) is 0 Å². The molecule has 0 spiro atoms. The second kappa shape index (κ2) is 3.33. The van der Waals surface area contributed by atoms with E-state index < -0.39 is 0 Å². The quantitative estimate of drug-likeness (QED) is 0.711. The summed E-state index contributed by atoms with van der Waals surface area (Å²) >= 11 is 1.87. The molecule has 12 heavy (non-hydrogen) atoms. The van der Waals surface area contributed by atoms with Crippen molar-refractivity contribution in [2.24, 2.45) is 5.73 Å². The second-order valence-electron chi connectivity index (χ2n) is 2.83. The lowest BCUT2D eigenvalue weighted by molar-refractivity contribution is 1.15. The van der Waals surface area contributed by atoms with Gasteiger partial charge in [0.2, 0.25) is 0 Å². The lowest BCUT2D eigenvalue weighted by atomic mass is 10.1. The number of benzene rings is 1. The summed E-state index contributed by atoms with van der Waals surface area (Å²) in [6.07, 6.45) is 2.20. The Bertz CT molecular complexity index is 317. The molecule has 1 aromatic carbocycles. The Labute approximate surface area is 76.7 Å². The first-order chi connectivity index (χ1) is 5.90. The van der Waals surface area contributed by atoms with Crippen molar-refractivity contribution in [1.29, 1.82) is 0 Å². The predicted molar refractivity (Wildman–Crippen MR) is 54.2 cm³/mol. The molecule has 2 heteroatoms. The summed E-state index contributed by atoms with van der Waals surface area (Å²) in [5, 5.41) is 0. The van der Waals surface area contributed by atoms with E-state index in [9.17, 15) is 0 Å². The first kappa shape index (κ1) is 7.90. The molecule has 1 nitrogen and oxygen atoms in total. The third-order valence-corrected chi connectivity index (χ3v) is 3.15. The summed E-state index contributed by atoms with van der Waals surface area (Å²) in [5.74, 6) is 1.05. The normalized spacial score (nSPS) is 15.2. The smallest absolute Gasteiger partial charge is 0.0206 e. The maximum Gasteiger partial charge on any atom is 0.0206 e. The van der Waals surface area contributed by atoms with Crippen LogP contribution in [0.5, 0.6) is 0 Å². The van der Waals surface area contributed by atoms with E-state index in [-0.39, 0.29) is 0 Å². The van der Waals surface area contributed by atoms with Gasteiger partial charge in [0.15, 0.2) is 0 Å². The molecule has 0 atom stereocenters. The van der Waals surface area contributed by atoms with Gasteiger partial charge < -0.3 is 5.73 Å². The first-order valence-corrected chi connectivity index (χ1v) is 5.00. The topological polar surface area (TPSA) is 26.0 Å². The largest absolute Gasteiger partial charge is 0.327 e. The van der Waals surface area contributed by atoms with Crippen LogP contribution < -0.4 is 5.73 Å². The van der Waals surface area contributed by atoms with Crippen LogP contribution in [-0.2, 0) is 0 Å². The molecule has 0 aromatic heterocycles. The first-order valence-electron chi connectivity index (χ1n) is 4.01. The number of thioether (sulfide) groups is 1. The highest BCUT2D eigenvalue weighted by Gasteiger charge is 2.07. The van der Waals surface area contributed by atoms with Crippen molar-refractivity contribution in [2.75, 3.05) is 12.3 Å². The van der Waals surface area contributed by atoms with E-state index in [1.54, 1.807) is 0 Å². The van der Waals surface area contributed by atoms with E-state index in [4.69, 9.17) is 5.73 Å². The van der Waals surface area contributed by atoms with Crippen molar-refractivity contribution in [3.05, 3.63) is 35.4 Å². The van der Waals surface area contributed by atoms with E-state index >= 15 is 0 Å². The zero-order chi connectivity index (χ0) is 8.39. The van der Waals surface area contributed by atoms with Gasteiger partial charge in [0.25, 0.3) is 0 Å². The molecule has 0 radical (unpaired) electrons. The standard InChI is InChI=1S/C10H11NS/c11-6-8-5-9-3-1-2-4-10(9)12-7-8/h1-5H,6-7,11H2. The number of hydrogen-bond donors (Lipinski definition) is 1. The van der Waals surface area contributed by atoms with Gasteiger partial charge in [0, 0.05) is 17.2 Å². The number of nitrogens with two attached hydrogens (primary N) is 1. The van der Waals surface area contributed by atoms with E-state index in [0.29, 0.717) is 6.54 Å². The summed E-state index contributed by atoms with van der Waals surface area (Å²) in [6.45, 7) is 0.682. The van der Waals surface area contributed by atoms with Gasteiger partial charge in [-0.1, -0.05) is 24.3 Å². The number of fused-ring (bicyclic) bond motifs is 1. The molecule has 2 N–H and O–H groups in total. The van der Waals surface area contributed by atoms with Gasteiger partial charge in [-0.25, -0.2) is 0 Å². The Balaban J connectivity index is 2.41. The molecule has 0 saturated carbocycles. The van der Waals surface area contributed by atoms with E-state index in [1.807, 2.05) is 11.8 Å². The molecule has 1 heterocycles. The summed E-state index contributed by atoms with van der Waals surface area (Å²) in [5.41, 5.74) is 8.22. The molecule has 0 fully saturated rings.